The van der Waals surface area contributed by atoms with Crippen LogP contribution in [0, 0.1) is 12.7 Å². The molecule has 1 aromatic heterocycles. The molecule has 1 aliphatic heterocycles. The molecule has 12 heteroatoms. The predicted octanol–water partition coefficient (Wildman–Crippen LogP) is 4.20. The number of carbonyl (C=O) groups excluding carboxylic acids is 1. The van der Waals surface area contributed by atoms with Gasteiger partial charge in [-0.25, -0.2) is 23.1 Å². The van der Waals surface area contributed by atoms with E-state index in [-0.39, 0.29) is 24.6 Å². The molecule has 39 heavy (non-hydrogen) atoms. The summed E-state index contributed by atoms with van der Waals surface area (Å²) in [5.74, 6) is -3.07. The van der Waals surface area contributed by atoms with Crippen LogP contribution >= 0.6 is 7.14 Å². The van der Waals surface area contributed by atoms with Gasteiger partial charge in [-0.2, -0.15) is 0 Å². The van der Waals surface area contributed by atoms with Crippen LogP contribution in [0.4, 0.5) is 19.0 Å². The summed E-state index contributed by atoms with van der Waals surface area (Å²) in [5.41, 5.74) is -0.0768. The number of aromatic nitrogens is 2. The lowest BCUT2D eigenvalue weighted by molar-refractivity contribution is -0.131. The Balaban J connectivity index is 1.67. The van der Waals surface area contributed by atoms with Crippen molar-refractivity contribution in [2.45, 2.75) is 26.3 Å². The molecule has 8 nitrogen and oxygen atoms in total. The molecule has 0 saturated carbocycles. The van der Waals surface area contributed by atoms with Crippen molar-refractivity contribution >= 4 is 35.1 Å². The Morgan fingerprint density at radius 1 is 1.21 bits per heavy atom. The number of rotatable bonds is 8. The van der Waals surface area contributed by atoms with Crippen molar-refractivity contribution in [2.24, 2.45) is 0 Å². The van der Waals surface area contributed by atoms with Gasteiger partial charge in [-0.05, 0) is 27.1 Å². The lowest BCUT2D eigenvalue weighted by Gasteiger charge is -2.33. The Hall–Kier alpha value is -3.17. The van der Waals surface area contributed by atoms with Crippen molar-refractivity contribution in [2.75, 3.05) is 58.5 Å². The summed E-state index contributed by atoms with van der Waals surface area (Å²) in [4.78, 5) is 25.0. The van der Waals surface area contributed by atoms with E-state index in [1.807, 2.05) is 14.1 Å². The van der Waals surface area contributed by atoms with Crippen LogP contribution in [0.1, 0.15) is 23.9 Å². The maximum atomic E-state index is 14.8. The van der Waals surface area contributed by atoms with Crippen molar-refractivity contribution < 1.29 is 27.3 Å². The quantitative estimate of drug-likeness (QED) is 0.411. The van der Waals surface area contributed by atoms with Gasteiger partial charge >= 0.3 is 0 Å². The fourth-order valence-corrected chi connectivity index (χ4v) is 7.52. The summed E-state index contributed by atoms with van der Waals surface area (Å²) in [7, 11) is 2.22. The Labute approximate surface area is 225 Å². The molecule has 0 unspecified atom stereocenters. The Bertz CT molecular complexity index is 1430. The van der Waals surface area contributed by atoms with Gasteiger partial charge < -0.3 is 24.4 Å². The van der Waals surface area contributed by atoms with E-state index in [0.717, 1.165) is 6.07 Å². The van der Waals surface area contributed by atoms with Gasteiger partial charge in [-0.1, -0.05) is 18.2 Å². The summed E-state index contributed by atoms with van der Waals surface area (Å²) in [5, 5.41) is 4.15. The van der Waals surface area contributed by atoms with Crippen LogP contribution in [-0.4, -0.2) is 78.8 Å². The number of halogens is 3. The zero-order chi connectivity index (χ0) is 28.5. The summed E-state index contributed by atoms with van der Waals surface area (Å²) < 4.78 is 62.3. The standard InChI is InChI=1S/C27H33F3N5O3P/c1-17-32-21-14-22(38-5)23(39(37)11-9-35(10-12-39)24(36)16-34(3)4)13-19(21)26(33-17)31-15-18-7-6-8-20(25(18)28)27(2,29)30/h6-8,13-14H,9-12,15-16H2,1-5H3,(H,31,32,33). The van der Waals surface area contributed by atoms with E-state index in [4.69, 9.17) is 4.74 Å². The van der Waals surface area contributed by atoms with Gasteiger partial charge in [0, 0.05) is 55.9 Å². The minimum Gasteiger partial charge on any atom is -0.496 e. The van der Waals surface area contributed by atoms with Crippen LogP contribution in [-0.2, 0) is 21.8 Å². The molecule has 1 fully saturated rings. The fourth-order valence-electron chi connectivity index (χ4n) is 4.76. The van der Waals surface area contributed by atoms with Crippen molar-refractivity contribution in [3.05, 3.63) is 53.1 Å². The van der Waals surface area contributed by atoms with E-state index in [1.165, 1.54) is 19.2 Å². The number of ether oxygens (including phenoxy) is 1. The Kier molecular flexibility index (Phi) is 8.23. The molecule has 3 aromatic rings. The molecule has 210 valence electrons. The molecule has 1 aliphatic rings. The molecule has 2 heterocycles. The molecule has 1 N–H and O–H groups in total. The second-order valence-corrected chi connectivity index (χ2v) is 13.3. The van der Waals surface area contributed by atoms with Gasteiger partial charge in [0.05, 0.1) is 30.0 Å². The number of hydrogen-bond donors (Lipinski definition) is 1. The topological polar surface area (TPSA) is 87.7 Å². The normalized spacial score (nSPS) is 15.6. The largest absolute Gasteiger partial charge is 0.496 e. The molecule has 1 saturated heterocycles. The van der Waals surface area contributed by atoms with Crippen LogP contribution in [0.2, 0.25) is 0 Å². The predicted molar refractivity (Wildman–Crippen MR) is 146 cm³/mol. The van der Waals surface area contributed by atoms with Crippen molar-refractivity contribution in [3.8, 4) is 5.75 Å². The van der Waals surface area contributed by atoms with E-state index in [9.17, 15) is 22.5 Å². The number of alkyl halides is 2. The van der Waals surface area contributed by atoms with Gasteiger partial charge in [0.15, 0.2) is 0 Å². The first-order valence-corrected chi connectivity index (χ1v) is 14.7. The molecule has 1 amide bonds. The minimum absolute atomic E-state index is 0.00998. The van der Waals surface area contributed by atoms with Crippen molar-refractivity contribution in [1.82, 2.24) is 19.8 Å². The van der Waals surface area contributed by atoms with Crippen LogP contribution < -0.4 is 15.4 Å². The summed E-state index contributed by atoms with van der Waals surface area (Å²) in [6.45, 7) is 3.30. The smallest absolute Gasteiger partial charge is 0.273 e. The van der Waals surface area contributed by atoms with Gasteiger partial charge in [0.2, 0.25) is 5.91 Å². The van der Waals surface area contributed by atoms with E-state index in [0.29, 0.717) is 65.9 Å². The number of benzene rings is 2. The number of nitrogens with zero attached hydrogens (tertiary/aromatic N) is 4. The highest BCUT2D eigenvalue weighted by Gasteiger charge is 2.35. The molecule has 4 rings (SSSR count). The monoisotopic (exact) mass is 563 g/mol. The number of fused-ring (bicyclic) bond motifs is 1. The zero-order valence-electron chi connectivity index (χ0n) is 22.7. The summed E-state index contributed by atoms with van der Waals surface area (Å²) in [6.07, 6.45) is 0.625. The highest BCUT2D eigenvalue weighted by molar-refractivity contribution is 7.72. The second-order valence-electron chi connectivity index (χ2n) is 10.1. The van der Waals surface area contributed by atoms with Crippen LogP contribution in [0.3, 0.4) is 0 Å². The first kappa shape index (κ1) is 28.8. The third kappa shape index (κ3) is 6.20. The minimum atomic E-state index is -3.32. The summed E-state index contributed by atoms with van der Waals surface area (Å²) >= 11 is 0. The number of nitrogens with one attached hydrogen (secondary N) is 1. The van der Waals surface area contributed by atoms with Gasteiger partial charge in [-0.15, -0.1) is 0 Å². The first-order valence-electron chi connectivity index (χ1n) is 12.6. The number of aryl methyl sites for hydroxylation is 1. The molecule has 0 aliphatic carbocycles. The fraction of sp³-hybridized carbons (Fsp3) is 0.444. The molecule has 0 bridgehead atoms. The maximum Gasteiger partial charge on any atom is 0.273 e. The first-order chi connectivity index (χ1) is 18.3. The van der Waals surface area contributed by atoms with Gasteiger partial charge in [0.25, 0.3) is 5.92 Å². The molecular weight excluding hydrogens is 530 g/mol. The summed E-state index contributed by atoms with van der Waals surface area (Å²) in [6, 6.07) is 7.33. The van der Waals surface area contributed by atoms with E-state index in [1.54, 1.807) is 28.9 Å². The number of methoxy groups -OCH3 is 1. The lowest BCUT2D eigenvalue weighted by Crippen LogP contribution is -2.44. The zero-order valence-corrected chi connectivity index (χ0v) is 23.6. The van der Waals surface area contributed by atoms with Crippen LogP contribution in [0.5, 0.6) is 5.75 Å². The number of likely N-dealkylation sites (N-methyl/N-ethyl adjacent to an activating group) is 1. The van der Waals surface area contributed by atoms with Gasteiger partial charge in [-0.3, -0.25) is 4.79 Å². The SMILES string of the molecule is COc1cc2nc(C)nc(NCc3cccc(C(C)(F)F)c3F)c2cc1P1(=O)CCN(C(=O)CN(C)C)CC1. The number of carbonyl (C=O) groups is 1. The van der Waals surface area contributed by atoms with E-state index >= 15 is 0 Å². The highest BCUT2D eigenvalue weighted by Crippen LogP contribution is 2.49. The van der Waals surface area contributed by atoms with E-state index < -0.39 is 24.4 Å². The maximum absolute atomic E-state index is 14.8. The van der Waals surface area contributed by atoms with Crippen LogP contribution in [0.15, 0.2) is 30.3 Å². The molecule has 0 radical (unpaired) electrons. The number of anilines is 1. The van der Waals surface area contributed by atoms with Crippen molar-refractivity contribution in [1.29, 1.82) is 0 Å². The lowest BCUT2D eigenvalue weighted by atomic mass is 10.0. The second kappa shape index (κ2) is 11.1. The number of hydrogen-bond acceptors (Lipinski definition) is 7. The molecule has 2 aromatic carbocycles. The Morgan fingerprint density at radius 2 is 1.90 bits per heavy atom. The van der Waals surface area contributed by atoms with Crippen molar-refractivity contribution in [3.63, 3.8) is 0 Å². The molecule has 0 atom stereocenters. The van der Waals surface area contributed by atoms with Crippen LogP contribution in [0.25, 0.3) is 10.9 Å². The van der Waals surface area contributed by atoms with E-state index in [2.05, 4.69) is 15.3 Å². The highest BCUT2D eigenvalue weighted by atomic mass is 31.2. The average Bonchev–Trinajstić information content (AvgIpc) is 2.86. The number of amides is 1. The third-order valence-electron chi connectivity index (χ3n) is 6.81. The Morgan fingerprint density at radius 3 is 2.51 bits per heavy atom. The average molecular weight is 564 g/mol. The van der Waals surface area contributed by atoms with Gasteiger partial charge in [0.1, 0.15) is 30.4 Å². The third-order valence-corrected chi connectivity index (χ3v) is 9.88. The molecule has 0 spiro atoms. The molecular formula is C27H33F3N5O3P.